The zero-order chi connectivity index (χ0) is 9.35. The van der Waals surface area contributed by atoms with Crippen LogP contribution in [-0.2, 0) is 4.79 Å². The topological polar surface area (TPSA) is 17.1 Å². The molecule has 1 aliphatic heterocycles. The number of hydrogen-bond acceptors (Lipinski definition) is 1. The van der Waals surface area contributed by atoms with Crippen molar-refractivity contribution in [2.24, 2.45) is 11.8 Å². The average molecular weight is 170 g/mol. The van der Waals surface area contributed by atoms with Crippen LogP contribution >= 0.6 is 0 Å². The van der Waals surface area contributed by atoms with Crippen molar-refractivity contribution in [1.29, 1.82) is 0 Å². The highest BCUT2D eigenvalue weighted by atomic mass is 16.1. The molecule has 1 atom stereocenters. The maximum Gasteiger partial charge on any atom is 0.195 e. The summed E-state index contributed by atoms with van der Waals surface area (Å²) in [6, 6.07) is 0. The van der Waals surface area contributed by atoms with Gasteiger partial charge in [0.2, 0.25) is 0 Å². The lowest BCUT2D eigenvalue weighted by molar-refractivity contribution is -0.876. The first-order chi connectivity index (χ1) is 5.41. The molecule has 0 N–H and O–H groups in total. The molecule has 0 aromatic heterocycles. The Morgan fingerprint density at radius 3 is 2.42 bits per heavy atom. The molecule has 1 saturated heterocycles. The van der Waals surface area contributed by atoms with Crippen LogP contribution in [0.1, 0.15) is 20.3 Å². The SMILES string of the molecule is CC(C)CC1C[N+](C)(C)CC1=O. The van der Waals surface area contributed by atoms with Gasteiger partial charge in [0.1, 0.15) is 6.54 Å². The second-order valence-electron chi connectivity index (χ2n) is 5.07. The van der Waals surface area contributed by atoms with E-state index in [2.05, 4.69) is 27.9 Å². The van der Waals surface area contributed by atoms with Crippen LogP contribution in [0.2, 0.25) is 0 Å². The van der Waals surface area contributed by atoms with Gasteiger partial charge in [-0.1, -0.05) is 13.8 Å². The molecular weight excluding hydrogens is 150 g/mol. The predicted molar refractivity (Wildman–Crippen MR) is 49.8 cm³/mol. The lowest BCUT2D eigenvalue weighted by Crippen LogP contribution is -2.37. The van der Waals surface area contributed by atoms with Gasteiger partial charge in [-0.25, -0.2) is 0 Å². The summed E-state index contributed by atoms with van der Waals surface area (Å²) in [6.07, 6.45) is 1.07. The van der Waals surface area contributed by atoms with Gasteiger partial charge in [-0.3, -0.25) is 4.79 Å². The van der Waals surface area contributed by atoms with Gasteiger partial charge < -0.3 is 4.48 Å². The number of nitrogens with zero attached hydrogens (tertiary/aromatic N) is 1. The van der Waals surface area contributed by atoms with Gasteiger partial charge in [-0.2, -0.15) is 0 Å². The minimum absolute atomic E-state index is 0.333. The summed E-state index contributed by atoms with van der Waals surface area (Å²) in [5.41, 5.74) is 0. The molecule has 0 radical (unpaired) electrons. The number of likely N-dealkylation sites (N-methyl/N-ethyl adjacent to an activating group) is 1. The zero-order valence-electron chi connectivity index (χ0n) is 8.63. The molecule has 0 aromatic carbocycles. The Morgan fingerprint density at radius 2 is 2.08 bits per heavy atom. The van der Waals surface area contributed by atoms with Crippen molar-refractivity contribution in [2.45, 2.75) is 20.3 Å². The van der Waals surface area contributed by atoms with Gasteiger partial charge in [-0.05, 0) is 12.3 Å². The van der Waals surface area contributed by atoms with Crippen molar-refractivity contribution in [3.63, 3.8) is 0 Å². The lowest BCUT2D eigenvalue weighted by atomic mass is 9.96. The van der Waals surface area contributed by atoms with E-state index in [0.717, 1.165) is 24.0 Å². The highest BCUT2D eigenvalue weighted by Crippen LogP contribution is 2.23. The predicted octanol–water partition coefficient (Wildman–Crippen LogP) is 1.31. The van der Waals surface area contributed by atoms with E-state index in [-0.39, 0.29) is 0 Å². The Bertz CT molecular complexity index is 184. The third-order valence-electron chi connectivity index (χ3n) is 2.51. The molecule has 1 unspecified atom stereocenters. The molecule has 1 aliphatic rings. The van der Waals surface area contributed by atoms with Gasteiger partial charge in [-0.15, -0.1) is 0 Å². The number of carbonyl (C=O) groups is 1. The number of hydrogen-bond donors (Lipinski definition) is 0. The standard InChI is InChI=1S/C10H20NO/c1-8(2)5-9-6-11(3,4)7-10(9)12/h8-9H,5-7H2,1-4H3/q+1. The highest BCUT2D eigenvalue weighted by molar-refractivity contribution is 5.83. The lowest BCUT2D eigenvalue weighted by Gasteiger charge is -2.22. The molecule has 0 amide bonds. The van der Waals surface area contributed by atoms with Crippen LogP contribution in [0.3, 0.4) is 0 Å². The van der Waals surface area contributed by atoms with E-state index in [9.17, 15) is 4.79 Å². The number of quaternary nitrogens is 1. The first kappa shape index (κ1) is 9.72. The summed E-state index contributed by atoms with van der Waals surface area (Å²) >= 11 is 0. The quantitative estimate of drug-likeness (QED) is 0.571. The molecule has 0 aromatic rings. The minimum atomic E-state index is 0.333. The van der Waals surface area contributed by atoms with Gasteiger partial charge in [0.25, 0.3) is 0 Å². The second-order valence-corrected chi connectivity index (χ2v) is 5.07. The Morgan fingerprint density at radius 1 is 1.50 bits per heavy atom. The smallest absolute Gasteiger partial charge is 0.195 e. The summed E-state index contributed by atoms with van der Waals surface area (Å²) in [5, 5.41) is 0. The number of rotatable bonds is 2. The maximum atomic E-state index is 11.5. The first-order valence-electron chi connectivity index (χ1n) is 4.75. The van der Waals surface area contributed by atoms with Gasteiger partial charge >= 0.3 is 0 Å². The molecule has 2 nitrogen and oxygen atoms in total. The highest BCUT2D eigenvalue weighted by Gasteiger charge is 2.38. The number of ketones is 1. The normalized spacial score (nSPS) is 28.4. The third kappa shape index (κ3) is 2.31. The van der Waals surface area contributed by atoms with E-state index < -0.39 is 0 Å². The third-order valence-corrected chi connectivity index (χ3v) is 2.51. The molecule has 0 spiro atoms. The molecule has 1 heterocycles. The first-order valence-corrected chi connectivity index (χ1v) is 4.75. The monoisotopic (exact) mass is 170 g/mol. The summed E-state index contributed by atoms with van der Waals surface area (Å²) in [6.45, 7) is 6.14. The van der Waals surface area contributed by atoms with Crippen molar-refractivity contribution >= 4 is 5.78 Å². The second kappa shape index (κ2) is 3.17. The van der Waals surface area contributed by atoms with Crippen LogP contribution in [0.25, 0.3) is 0 Å². The number of carbonyl (C=O) groups excluding carboxylic acids is 1. The summed E-state index contributed by atoms with van der Waals surface area (Å²) in [7, 11) is 4.27. The number of likely N-dealkylation sites (tertiary alicyclic amines) is 1. The minimum Gasteiger partial charge on any atom is -0.322 e. The van der Waals surface area contributed by atoms with Crippen LogP contribution < -0.4 is 0 Å². The van der Waals surface area contributed by atoms with Crippen molar-refractivity contribution in [1.82, 2.24) is 0 Å². The fraction of sp³-hybridized carbons (Fsp3) is 0.900. The van der Waals surface area contributed by atoms with Crippen LogP contribution in [0, 0.1) is 11.8 Å². The number of Topliss-reactive ketones (excluding diaryl/α,β-unsaturated/α-hetero) is 1. The summed E-state index contributed by atoms with van der Waals surface area (Å²) in [5.74, 6) is 1.45. The molecule has 1 fully saturated rings. The maximum absolute atomic E-state index is 11.5. The van der Waals surface area contributed by atoms with Crippen molar-refractivity contribution in [2.75, 3.05) is 27.2 Å². The summed E-state index contributed by atoms with van der Waals surface area (Å²) in [4.78, 5) is 11.5. The van der Waals surface area contributed by atoms with E-state index in [1.807, 2.05) is 0 Å². The largest absolute Gasteiger partial charge is 0.322 e. The van der Waals surface area contributed by atoms with Gasteiger partial charge in [0.05, 0.1) is 26.6 Å². The Hall–Kier alpha value is -0.370. The molecule has 12 heavy (non-hydrogen) atoms. The molecule has 70 valence electrons. The van der Waals surface area contributed by atoms with Crippen molar-refractivity contribution in [3.8, 4) is 0 Å². The van der Waals surface area contributed by atoms with E-state index >= 15 is 0 Å². The van der Waals surface area contributed by atoms with E-state index in [1.54, 1.807) is 0 Å². The molecular formula is C10H20NO+. The van der Waals surface area contributed by atoms with Crippen molar-refractivity contribution < 1.29 is 9.28 Å². The van der Waals surface area contributed by atoms with Gasteiger partial charge in [0, 0.05) is 0 Å². The Labute approximate surface area is 75.1 Å². The zero-order valence-corrected chi connectivity index (χ0v) is 8.63. The molecule has 0 bridgehead atoms. The average Bonchev–Trinajstić information content (AvgIpc) is 2.03. The molecule has 0 aliphatic carbocycles. The van der Waals surface area contributed by atoms with Crippen LogP contribution in [0.4, 0.5) is 0 Å². The van der Waals surface area contributed by atoms with Crippen LogP contribution in [0.15, 0.2) is 0 Å². The van der Waals surface area contributed by atoms with E-state index in [0.29, 0.717) is 17.6 Å². The van der Waals surface area contributed by atoms with E-state index in [4.69, 9.17) is 0 Å². The molecule has 2 heteroatoms. The van der Waals surface area contributed by atoms with E-state index in [1.165, 1.54) is 0 Å². The Balaban J connectivity index is 2.53. The fourth-order valence-electron chi connectivity index (χ4n) is 2.09. The molecule has 1 rings (SSSR count). The van der Waals surface area contributed by atoms with Crippen molar-refractivity contribution in [3.05, 3.63) is 0 Å². The van der Waals surface area contributed by atoms with Gasteiger partial charge in [0.15, 0.2) is 5.78 Å². The summed E-state index contributed by atoms with van der Waals surface area (Å²) < 4.78 is 0.885. The molecule has 0 saturated carbocycles. The Kier molecular flexibility index (Phi) is 2.57. The van der Waals surface area contributed by atoms with Crippen LogP contribution in [0.5, 0.6) is 0 Å². The fourth-order valence-corrected chi connectivity index (χ4v) is 2.09. The van der Waals surface area contributed by atoms with Crippen LogP contribution in [-0.4, -0.2) is 37.5 Å².